The molecule has 3 atom stereocenters. The lowest BCUT2D eigenvalue weighted by Gasteiger charge is -2.19. The highest BCUT2D eigenvalue weighted by Gasteiger charge is 2.36. The molecule has 2 bridgehead atoms. The van der Waals surface area contributed by atoms with Gasteiger partial charge in [0.2, 0.25) is 0 Å². The minimum absolute atomic E-state index is 0.0155. The van der Waals surface area contributed by atoms with Gasteiger partial charge in [-0.25, -0.2) is 0 Å². The predicted octanol–water partition coefficient (Wildman–Crippen LogP) is 3.83. The summed E-state index contributed by atoms with van der Waals surface area (Å²) >= 11 is 0. The highest BCUT2D eigenvalue weighted by Crippen LogP contribution is 2.40. The average molecular weight is 338 g/mol. The molecule has 2 aliphatic rings. The molecule has 4 nitrogen and oxygen atoms in total. The first-order valence-corrected chi connectivity index (χ1v) is 8.86. The quantitative estimate of drug-likeness (QED) is 0.616. The number of rotatable bonds is 7. The fourth-order valence-corrected chi connectivity index (χ4v) is 4.05. The van der Waals surface area contributed by atoms with Crippen molar-refractivity contribution in [1.29, 1.82) is 0 Å². The minimum Gasteiger partial charge on any atom is -0.491 e. The van der Waals surface area contributed by atoms with Gasteiger partial charge in [0.25, 0.3) is 0 Å². The van der Waals surface area contributed by atoms with Gasteiger partial charge in [0.1, 0.15) is 12.4 Å². The van der Waals surface area contributed by atoms with Crippen molar-refractivity contribution < 1.29 is 19.4 Å². The van der Waals surface area contributed by atoms with Crippen molar-refractivity contribution in [3.63, 3.8) is 0 Å². The summed E-state index contributed by atoms with van der Waals surface area (Å²) in [6, 6.07) is 11.5. The van der Waals surface area contributed by atoms with Crippen molar-refractivity contribution in [2.24, 2.45) is 11.8 Å². The molecule has 1 N–H and O–H groups in total. The molecule has 2 aliphatic carbocycles. The van der Waals surface area contributed by atoms with Gasteiger partial charge < -0.3 is 14.6 Å². The molecule has 0 radical (unpaired) electrons. The topological polar surface area (TPSA) is 55.8 Å². The standard InChI is InChI=1S/C21H22O4/c22-21(23)13-15-7-8-19(18-4-2-1-3-17(15)18)24-9-10-25-20-12-14-5-6-16(20)11-14/h1-8,14,16,20H,9-13H2,(H,22,23). The van der Waals surface area contributed by atoms with E-state index < -0.39 is 5.97 Å². The highest BCUT2D eigenvalue weighted by molar-refractivity contribution is 5.93. The maximum absolute atomic E-state index is 11.0. The van der Waals surface area contributed by atoms with Gasteiger partial charge in [-0.15, -0.1) is 0 Å². The number of ether oxygens (including phenoxy) is 2. The van der Waals surface area contributed by atoms with Gasteiger partial charge in [0, 0.05) is 11.3 Å². The van der Waals surface area contributed by atoms with Crippen molar-refractivity contribution in [3.8, 4) is 5.75 Å². The molecule has 0 heterocycles. The summed E-state index contributed by atoms with van der Waals surface area (Å²) in [5, 5.41) is 10.9. The van der Waals surface area contributed by atoms with Crippen LogP contribution in [0.3, 0.4) is 0 Å². The van der Waals surface area contributed by atoms with E-state index in [0.717, 1.165) is 28.5 Å². The molecule has 4 rings (SSSR count). The Balaban J connectivity index is 1.39. The number of allylic oxidation sites excluding steroid dienone is 1. The van der Waals surface area contributed by atoms with E-state index in [9.17, 15) is 4.79 Å². The average Bonchev–Trinajstić information content (AvgIpc) is 3.23. The molecule has 0 saturated heterocycles. The Morgan fingerprint density at radius 1 is 1.04 bits per heavy atom. The second kappa shape index (κ2) is 6.89. The molecule has 0 aliphatic heterocycles. The number of hydrogen-bond donors (Lipinski definition) is 1. The number of carbonyl (C=O) groups is 1. The van der Waals surface area contributed by atoms with Gasteiger partial charge >= 0.3 is 5.97 Å². The molecule has 4 heteroatoms. The van der Waals surface area contributed by atoms with E-state index in [1.54, 1.807) is 0 Å². The molecular weight excluding hydrogens is 316 g/mol. The Bertz CT molecular complexity index is 811. The van der Waals surface area contributed by atoms with Crippen LogP contribution >= 0.6 is 0 Å². The van der Waals surface area contributed by atoms with E-state index in [0.29, 0.717) is 31.2 Å². The van der Waals surface area contributed by atoms with Gasteiger partial charge in [-0.05, 0) is 35.8 Å². The Hall–Kier alpha value is -2.33. The monoisotopic (exact) mass is 338 g/mol. The number of benzene rings is 2. The Labute approximate surface area is 147 Å². The first kappa shape index (κ1) is 16.2. The molecular formula is C21H22O4. The zero-order valence-corrected chi connectivity index (χ0v) is 14.1. The summed E-state index contributed by atoms with van der Waals surface area (Å²) < 4.78 is 11.9. The van der Waals surface area contributed by atoms with Crippen LogP contribution in [0.15, 0.2) is 48.6 Å². The van der Waals surface area contributed by atoms with Crippen LogP contribution in [-0.4, -0.2) is 30.4 Å². The van der Waals surface area contributed by atoms with Crippen LogP contribution in [0.2, 0.25) is 0 Å². The third kappa shape index (κ3) is 3.40. The maximum atomic E-state index is 11.0. The van der Waals surface area contributed by atoms with Gasteiger partial charge in [-0.3, -0.25) is 4.79 Å². The maximum Gasteiger partial charge on any atom is 0.307 e. The summed E-state index contributed by atoms with van der Waals surface area (Å²) in [7, 11) is 0. The summed E-state index contributed by atoms with van der Waals surface area (Å²) in [4.78, 5) is 11.0. The Kier molecular flexibility index (Phi) is 4.45. The van der Waals surface area contributed by atoms with Crippen molar-refractivity contribution >= 4 is 16.7 Å². The SMILES string of the molecule is O=C(O)Cc1ccc(OCCOC2CC3C=CC2C3)c2ccccc12. The number of carboxylic acids is 1. The van der Waals surface area contributed by atoms with Crippen molar-refractivity contribution in [2.45, 2.75) is 25.4 Å². The lowest BCUT2D eigenvalue weighted by molar-refractivity contribution is -0.136. The zero-order chi connectivity index (χ0) is 17.2. The first-order chi connectivity index (χ1) is 12.2. The molecule has 2 aromatic rings. The van der Waals surface area contributed by atoms with Crippen LogP contribution in [-0.2, 0) is 16.0 Å². The number of aliphatic carboxylic acids is 1. The zero-order valence-electron chi connectivity index (χ0n) is 14.1. The molecule has 0 amide bonds. The van der Waals surface area contributed by atoms with Gasteiger partial charge in [0.15, 0.2) is 0 Å². The van der Waals surface area contributed by atoms with E-state index in [-0.39, 0.29) is 6.42 Å². The number of hydrogen-bond acceptors (Lipinski definition) is 3. The smallest absolute Gasteiger partial charge is 0.307 e. The minimum atomic E-state index is -0.827. The van der Waals surface area contributed by atoms with E-state index in [4.69, 9.17) is 14.6 Å². The van der Waals surface area contributed by atoms with Gasteiger partial charge in [-0.2, -0.15) is 0 Å². The third-order valence-corrected chi connectivity index (χ3v) is 5.21. The highest BCUT2D eigenvalue weighted by atomic mass is 16.5. The van der Waals surface area contributed by atoms with E-state index in [2.05, 4.69) is 12.2 Å². The van der Waals surface area contributed by atoms with Crippen molar-refractivity contribution in [2.75, 3.05) is 13.2 Å². The predicted molar refractivity (Wildman–Crippen MR) is 95.9 cm³/mol. The lowest BCUT2D eigenvalue weighted by Crippen LogP contribution is -2.21. The first-order valence-electron chi connectivity index (χ1n) is 8.86. The Morgan fingerprint density at radius 3 is 2.60 bits per heavy atom. The fraction of sp³-hybridized carbons (Fsp3) is 0.381. The van der Waals surface area contributed by atoms with Crippen LogP contribution in [0.5, 0.6) is 5.75 Å². The lowest BCUT2D eigenvalue weighted by atomic mass is 10.0. The van der Waals surface area contributed by atoms with Crippen LogP contribution in [0.25, 0.3) is 10.8 Å². The molecule has 1 saturated carbocycles. The van der Waals surface area contributed by atoms with Gasteiger partial charge in [-0.1, -0.05) is 42.5 Å². The third-order valence-electron chi connectivity index (χ3n) is 5.21. The fourth-order valence-electron chi connectivity index (χ4n) is 4.05. The van der Waals surface area contributed by atoms with Gasteiger partial charge in [0.05, 0.1) is 19.1 Å². The Morgan fingerprint density at radius 2 is 1.88 bits per heavy atom. The van der Waals surface area contributed by atoms with Crippen LogP contribution < -0.4 is 4.74 Å². The molecule has 3 unspecified atom stereocenters. The summed E-state index contributed by atoms with van der Waals surface area (Å²) in [5.74, 6) is 1.25. The second-order valence-corrected chi connectivity index (χ2v) is 6.88. The molecule has 2 aromatic carbocycles. The molecule has 25 heavy (non-hydrogen) atoms. The largest absolute Gasteiger partial charge is 0.491 e. The molecule has 0 spiro atoms. The number of carboxylic acid groups (broad SMARTS) is 1. The summed E-state index contributed by atoms with van der Waals surface area (Å²) in [5.41, 5.74) is 0.806. The van der Waals surface area contributed by atoms with Crippen LogP contribution in [0.4, 0.5) is 0 Å². The van der Waals surface area contributed by atoms with E-state index in [1.165, 1.54) is 6.42 Å². The van der Waals surface area contributed by atoms with Crippen molar-refractivity contribution in [3.05, 3.63) is 54.1 Å². The van der Waals surface area contributed by atoms with Crippen LogP contribution in [0, 0.1) is 11.8 Å². The second-order valence-electron chi connectivity index (χ2n) is 6.88. The summed E-state index contributed by atoms with van der Waals surface area (Å²) in [6.45, 7) is 1.08. The van der Waals surface area contributed by atoms with E-state index in [1.807, 2.05) is 36.4 Å². The number of fused-ring (bicyclic) bond motifs is 3. The normalized spacial score (nSPS) is 24.1. The molecule has 1 fully saturated rings. The van der Waals surface area contributed by atoms with E-state index >= 15 is 0 Å². The molecule has 130 valence electrons. The summed E-state index contributed by atoms with van der Waals surface area (Å²) in [6.07, 6.45) is 7.32. The molecule has 0 aromatic heterocycles. The van der Waals surface area contributed by atoms with Crippen LogP contribution in [0.1, 0.15) is 18.4 Å². The van der Waals surface area contributed by atoms with Crippen molar-refractivity contribution in [1.82, 2.24) is 0 Å².